The number of nitrogens with zero attached hydrogens (tertiary/aromatic N) is 6. The molecule has 0 aliphatic heterocycles. The van der Waals surface area contributed by atoms with Crippen LogP contribution in [0.1, 0.15) is 11.6 Å². The van der Waals surface area contributed by atoms with Gasteiger partial charge in [0.05, 0.1) is 12.7 Å². The molecule has 4 aromatic heterocycles. The molecule has 0 radical (unpaired) electrons. The van der Waals surface area contributed by atoms with Gasteiger partial charge in [0.1, 0.15) is 22.7 Å². The molecule has 0 atom stereocenters. The van der Waals surface area contributed by atoms with Gasteiger partial charge in [-0.15, -0.1) is 0 Å². The number of hydrogen-bond acceptors (Lipinski definition) is 8. The van der Waals surface area contributed by atoms with E-state index in [0.717, 1.165) is 0 Å². The minimum absolute atomic E-state index is 0.376. The van der Waals surface area contributed by atoms with Crippen LogP contribution >= 0.6 is 0 Å². The Hall–Kier alpha value is -3.30. The molecule has 4 heterocycles. The zero-order valence-electron chi connectivity index (χ0n) is 11.4. The van der Waals surface area contributed by atoms with E-state index >= 15 is 0 Å². The Balaban J connectivity index is 1.62. The highest BCUT2D eigenvalue weighted by Crippen LogP contribution is 2.15. The van der Waals surface area contributed by atoms with Crippen LogP contribution in [0.15, 0.2) is 12.7 Å². The average Bonchev–Trinajstić information content (AvgIpc) is 3.13. The van der Waals surface area contributed by atoms with Crippen molar-refractivity contribution in [2.75, 3.05) is 11.5 Å². The lowest BCUT2D eigenvalue weighted by Crippen LogP contribution is -2.06. The summed E-state index contributed by atoms with van der Waals surface area (Å²) in [6.07, 6.45) is 4.13. The van der Waals surface area contributed by atoms with Gasteiger partial charge in [0.2, 0.25) is 0 Å². The van der Waals surface area contributed by atoms with Crippen LogP contribution in [0.3, 0.4) is 0 Å². The Labute approximate surface area is 123 Å². The van der Waals surface area contributed by atoms with Crippen LogP contribution in [0, 0.1) is 0 Å². The molecule has 4 aromatic rings. The lowest BCUT2D eigenvalue weighted by molar-refractivity contribution is 0.819. The Kier molecular flexibility index (Phi) is 2.61. The smallest absolute Gasteiger partial charge is 0.183 e. The Morgan fingerprint density at radius 2 is 1.18 bits per heavy atom. The summed E-state index contributed by atoms with van der Waals surface area (Å²) in [4.78, 5) is 31.2. The number of hydrogen-bond donors (Lipinski definition) is 4. The number of aromatic nitrogens is 8. The molecule has 0 unspecified atom stereocenters. The second kappa shape index (κ2) is 4.62. The van der Waals surface area contributed by atoms with E-state index in [9.17, 15) is 0 Å². The highest BCUT2D eigenvalue weighted by Gasteiger charge is 2.10. The summed E-state index contributed by atoms with van der Waals surface area (Å²) in [5.74, 6) is 1.92. The Morgan fingerprint density at radius 3 is 1.64 bits per heavy atom. The van der Waals surface area contributed by atoms with Crippen LogP contribution in [0.25, 0.3) is 22.3 Å². The van der Waals surface area contributed by atoms with Gasteiger partial charge in [-0.3, -0.25) is 0 Å². The zero-order chi connectivity index (χ0) is 15.1. The molecule has 10 heteroatoms. The SMILES string of the molecule is Nc1nc(CCc2nc(N)c3[nH]cnc3n2)nc2nc[nH]c12. The van der Waals surface area contributed by atoms with Crippen molar-refractivity contribution in [2.24, 2.45) is 0 Å². The van der Waals surface area contributed by atoms with Crippen molar-refractivity contribution in [3.8, 4) is 0 Å². The number of imidazole rings is 2. The molecule has 22 heavy (non-hydrogen) atoms. The van der Waals surface area contributed by atoms with E-state index in [-0.39, 0.29) is 0 Å². The molecule has 4 rings (SSSR count). The third-order valence-electron chi connectivity index (χ3n) is 3.29. The van der Waals surface area contributed by atoms with Gasteiger partial charge < -0.3 is 21.4 Å². The summed E-state index contributed by atoms with van der Waals surface area (Å²) < 4.78 is 0. The van der Waals surface area contributed by atoms with Gasteiger partial charge in [-0.05, 0) is 0 Å². The first-order chi connectivity index (χ1) is 10.7. The first-order valence-corrected chi connectivity index (χ1v) is 6.61. The predicted molar refractivity (Wildman–Crippen MR) is 79.6 cm³/mol. The summed E-state index contributed by atoms with van der Waals surface area (Å²) >= 11 is 0. The molecule has 0 bridgehead atoms. The van der Waals surface area contributed by atoms with Crippen molar-refractivity contribution < 1.29 is 0 Å². The number of H-pyrrole nitrogens is 2. The van der Waals surface area contributed by atoms with Crippen molar-refractivity contribution in [3.63, 3.8) is 0 Å². The van der Waals surface area contributed by atoms with E-state index in [1.807, 2.05) is 0 Å². The Bertz CT molecular complexity index is 889. The van der Waals surface area contributed by atoms with Gasteiger partial charge in [0.15, 0.2) is 22.9 Å². The molecule has 6 N–H and O–H groups in total. The van der Waals surface area contributed by atoms with Crippen LogP contribution in [0.2, 0.25) is 0 Å². The quantitative estimate of drug-likeness (QED) is 0.409. The van der Waals surface area contributed by atoms with Crippen LogP contribution in [-0.4, -0.2) is 39.9 Å². The van der Waals surface area contributed by atoms with Crippen molar-refractivity contribution in [3.05, 3.63) is 24.3 Å². The first kappa shape index (κ1) is 12.4. The monoisotopic (exact) mass is 296 g/mol. The summed E-state index contributed by atoms with van der Waals surface area (Å²) in [5.41, 5.74) is 14.1. The van der Waals surface area contributed by atoms with Crippen LogP contribution < -0.4 is 11.5 Å². The number of nitrogen functional groups attached to an aromatic ring is 2. The summed E-state index contributed by atoms with van der Waals surface area (Å²) in [6, 6.07) is 0. The maximum atomic E-state index is 5.87. The lowest BCUT2D eigenvalue weighted by atomic mass is 10.2. The highest BCUT2D eigenvalue weighted by atomic mass is 15.1. The van der Waals surface area contributed by atoms with Crippen molar-refractivity contribution in [1.82, 2.24) is 39.9 Å². The standard InChI is InChI=1S/C12H12N10/c13-9-7-11(17-3-15-7)21-5(19-9)1-2-6-20-10(14)8-12(22-6)18-4-16-8/h3-4H,1-2H2,(H3,13,15,17,19,21)(H3,14,16,18,20,22). The van der Waals surface area contributed by atoms with E-state index in [2.05, 4.69) is 39.9 Å². The number of anilines is 2. The Morgan fingerprint density at radius 1 is 0.727 bits per heavy atom. The largest absolute Gasteiger partial charge is 0.382 e. The molecule has 0 spiro atoms. The topological polar surface area (TPSA) is 161 Å². The fraction of sp³-hybridized carbons (Fsp3) is 0.167. The molecule has 10 nitrogen and oxygen atoms in total. The van der Waals surface area contributed by atoms with Gasteiger partial charge in [0, 0.05) is 12.8 Å². The fourth-order valence-corrected chi connectivity index (χ4v) is 2.25. The second-order valence-electron chi connectivity index (χ2n) is 4.75. The van der Waals surface area contributed by atoms with E-state index in [4.69, 9.17) is 11.5 Å². The van der Waals surface area contributed by atoms with Crippen LogP contribution in [0.4, 0.5) is 11.6 Å². The van der Waals surface area contributed by atoms with E-state index in [1.54, 1.807) is 0 Å². The van der Waals surface area contributed by atoms with E-state index in [1.165, 1.54) is 12.7 Å². The number of aromatic amines is 2. The molecule has 0 aromatic carbocycles. The molecule has 0 aliphatic carbocycles. The number of nitrogens with two attached hydrogens (primary N) is 2. The molecule has 0 amide bonds. The molecular weight excluding hydrogens is 284 g/mol. The molecule has 0 aliphatic rings. The minimum atomic E-state index is 0.376. The van der Waals surface area contributed by atoms with Crippen molar-refractivity contribution in [2.45, 2.75) is 12.8 Å². The van der Waals surface area contributed by atoms with Crippen LogP contribution in [-0.2, 0) is 12.8 Å². The van der Waals surface area contributed by atoms with Crippen molar-refractivity contribution >= 4 is 34.0 Å². The maximum absolute atomic E-state index is 5.87. The van der Waals surface area contributed by atoms with E-state index < -0.39 is 0 Å². The first-order valence-electron chi connectivity index (χ1n) is 6.61. The number of nitrogens with one attached hydrogen (secondary N) is 2. The lowest BCUT2D eigenvalue weighted by Gasteiger charge is -2.03. The fourth-order valence-electron chi connectivity index (χ4n) is 2.25. The third-order valence-corrected chi connectivity index (χ3v) is 3.29. The maximum Gasteiger partial charge on any atom is 0.183 e. The van der Waals surface area contributed by atoms with Gasteiger partial charge in [0.25, 0.3) is 0 Å². The molecular formula is C12H12N10. The van der Waals surface area contributed by atoms with Crippen LogP contribution in [0.5, 0.6) is 0 Å². The van der Waals surface area contributed by atoms with Gasteiger partial charge >= 0.3 is 0 Å². The normalized spacial score (nSPS) is 11.5. The van der Waals surface area contributed by atoms with Crippen molar-refractivity contribution in [1.29, 1.82) is 0 Å². The average molecular weight is 296 g/mol. The molecule has 110 valence electrons. The molecule has 0 saturated heterocycles. The van der Waals surface area contributed by atoms with Gasteiger partial charge in [-0.1, -0.05) is 0 Å². The number of aryl methyl sites for hydroxylation is 2. The predicted octanol–water partition coefficient (Wildman–Crippen LogP) is -0.0312. The summed E-state index contributed by atoms with van der Waals surface area (Å²) in [6.45, 7) is 0. The second-order valence-corrected chi connectivity index (χ2v) is 4.75. The van der Waals surface area contributed by atoms with E-state index in [0.29, 0.717) is 58.5 Å². The number of fused-ring (bicyclic) bond motifs is 2. The van der Waals surface area contributed by atoms with Gasteiger partial charge in [-0.25, -0.2) is 29.9 Å². The summed E-state index contributed by atoms with van der Waals surface area (Å²) in [5, 5.41) is 0. The van der Waals surface area contributed by atoms with Gasteiger partial charge in [-0.2, -0.15) is 0 Å². The summed E-state index contributed by atoms with van der Waals surface area (Å²) in [7, 11) is 0. The zero-order valence-corrected chi connectivity index (χ0v) is 11.4. The highest BCUT2D eigenvalue weighted by molar-refractivity contribution is 5.81. The third kappa shape index (κ3) is 1.97. The molecule has 0 saturated carbocycles. The molecule has 0 fully saturated rings. The number of rotatable bonds is 3. The minimum Gasteiger partial charge on any atom is -0.382 e.